The smallest absolute Gasteiger partial charge is 0.134 e. The maximum Gasteiger partial charge on any atom is 0.134 e. The normalized spacial score (nSPS) is 12.6. The van der Waals surface area contributed by atoms with E-state index in [2.05, 4.69) is 0 Å². The summed E-state index contributed by atoms with van der Waals surface area (Å²) in [6, 6.07) is 11.6. The summed E-state index contributed by atoms with van der Waals surface area (Å²) in [5, 5.41) is 0.753. The summed E-state index contributed by atoms with van der Waals surface area (Å²) in [4.78, 5) is 0. The van der Waals surface area contributed by atoms with Crippen molar-refractivity contribution in [1.82, 2.24) is 0 Å². The van der Waals surface area contributed by atoms with Crippen LogP contribution in [0.1, 0.15) is 22.9 Å². The van der Waals surface area contributed by atoms with Crippen molar-refractivity contribution in [3.63, 3.8) is 0 Å². The van der Waals surface area contributed by atoms with E-state index in [-0.39, 0.29) is 5.82 Å². The zero-order valence-corrected chi connectivity index (χ0v) is 11.9. The third kappa shape index (κ3) is 2.38. The van der Waals surface area contributed by atoms with Gasteiger partial charge in [-0.3, -0.25) is 0 Å². The van der Waals surface area contributed by atoms with Crippen molar-refractivity contribution in [3.05, 3.63) is 65.2 Å². The van der Waals surface area contributed by atoms with Gasteiger partial charge in [0.2, 0.25) is 0 Å². The van der Waals surface area contributed by atoms with Crippen LogP contribution in [0.15, 0.2) is 46.9 Å². The average Bonchev–Trinajstić information content (AvgIpc) is 2.83. The van der Waals surface area contributed by atoms with Gasteiger partial charge >= 0.3 is 0 Å². The highest BCUT2D eigenvalue weighted by Crippen LogP contribution is 2.32. The number of hydrogen-bond acceptors (Lipinski definition) is 3. The fourth-order valence-electron chi connectivity index (χ4n) is 2.50. The second kappa shape index (κ2) is 5.22. The lowest BCUT2D eigenvalue weighted by atomic mass is 10.0. The molecule has 4 heteroatoms. The van der Waals surface area contributed by atoms with Gasteiger partial charge in [0, 0.05) is 10.9 Å². The molecule has 0 saturated carbocycles. The molecule has 21 heavy (non-hydrogen) atoms. The Kier molecular flexibility index (Phi) is 3.39. The van der Waals surface area contributed by atoms with Gasteiger partial charge in [-0.25, -0.2) is 4.39 Å². The minimum atomic E-state index is -0.421. The Labute approximate surface area is 122 Å². The van der Waals surface area contributed by atoms with Crippen molar-refractivity contribution < 1.29 is 13.5 Å². The minimum absolute atomic E-state index is 0.284. The number of methoxy groups -OCH3 is 1. The van der Waals surface area contributed by atoms with E-state index in [4.69, 9.17) is 14.9 Å². The molecule has 1 atom stereocenters. The summed E-state index contributed by atoms with van der Waals surface area (Å²) in [7, 11) is 1.61. The molecule has 0 amide bonds. The molecule has 0 aliphatic carbocycles. The van der Waals surface area contributed by atoms with Gasteiger partial charge in [0.05, 0.1) is 13.2 Å². The lowest BCUT2D eigenvalue weighted by molar-refractivity contribution is 0.413. The van der Waals surface area contributed by atoms with Crippen molar-refractivity contribution in [3.8, 4) is 5.75 Å². The Bertz CT molecular complexity index is 795. The molecule has 108 valence electrons. The summed E-state index contributed by atoms with van der Waals surface area (Å²) < 4.78 is 24.4. The van der Waals surface area contributed by atoms with Crippen LogP contribution in [0.3, 0.4) is 0 Å². The topological polar surface area (TPSA) is 48.4 Å². The highest BCUT2D eigenvalue weighted by Gasteiger charge is 2.19. The molecule has 0 aliphatic heterocycles. The second-order valence-corrected chi connectivity index (χ2v) is 4.99. The van der Waals surface area contributed by atoms with Gasteiger partial charge < -0.3 is 14.9 Å². The Hall–Kier alpha value is -2.33. The first-order valence-electron chi connectivity index (χ1n) is 6.68. The highest BCUT2D eigenvalue weighted by molar-refractivity contribution is 5.82. The van der Waals surface area contributed by atoms with Crippen LogP contribution in [0.2, 0.25) is 0 Å². The van der Waals surface area contributed by atoms with Gasteiger partial charge in [0.15, 0.2) is 0 Å². The molecule has 3 rings (SSSR count). The molecule has 0 bridgehead atoms. The van der Waals surface area contributed by atoms with E-state index in [1.807, 2.05) is 31.2 Å². The van der Waals surface area contributed by atoms with Crippen molar-refractivity contribution >= 4 is 11.0 Å². The molecule has 0 saturated heterocycles. The van der Waals surface area contributed by atoms with Crippen LogP contribution in [0, 0.1) is 12.7 Å². The van der Waals surface area contributed by atoms with Crippen LogP contribution in [0.25, 0.3) is 11.0 Å². The molecule has 3 aromatic rings. The summed E-state index contributed by atoms with van der Waals surface area (Å²) in [6.45, 7) is 1.89. The largest absolute Gasteiger partial charge is 0.497 e. The maximum absolute atomic E-state index is 13.4. The molecule has 2 N–H and O–H groups in total. The van der Waals surface area contributed by atoms with Crippen LogP contribution in [-0.2, 0) is 0 Å². The molecule has 1 unspecified atom stereocenters. The SMILES string of the molecule is COc1cccc(C(N)c2oc3ccc(F)cc3c2C)c1. The molecule has 0 aliphatic rings. The second-order valence-electron chi connectivity index (χ2n) is 4.99. The van der Waals surface area contributed by atoms with Gasteiger partial charge in [-0.15, -0.1) is 0 Å². The van der Waals surface area contributed by atoms with E-state index < -0.39 is 6.04 Å². The first-order chi connectivity index (χ1) is 10.1. The monoisotopic (exact) mass is 285 g/mol. The zero-order valence-electron chi connectivity index (χ0n) is 11.9. The van der Waals surface area contributed by atoms with Crippen LogP contribution < -0.4 is 10.5 Å². The molecule has 2 aromatic carbocycles. The average molecular weight is 285 g/mol. The summed E-state index contributed by atoms with van der Waals surface area (Å²) >= 11 is 0. The summed E-state index contributed by atoms with van der Waals surface area (Å²) in [5.41, 5.74) is 8.69. The van der Waals surface area contributed by atoms with Crippen LogP contribution in [0.5, 0.6) is 5.75 Å². The molecular formula is C17H16FNO2. The molecule has 0 spiro atoms. The van der Waals surface area contributed by atoms with E-state index in [0.717, 1.165) is 22.3 Å². The number of benzene rings is 2. The number of aryl methyl sites for hydroxylation is 1. The van der Waals surface area contributed by atoms with Gasteiger partial charge in [0.1, 0.15) is 22.9 Å². The minimum Gasteiger partial charge on any atom is -0.497 e. The van der Waals surface area contributed by atoms with E-state index in [1.165, 1.54) is 12.1 Å². The van der Waals surface area contributed by atoms with E-state index in [9.17, 15) is 4.39 Å². The van der Waals surface area contributed by atoms with Gasteiger partial charge in [-0.1, -0.05) is 12.1 Å². The van der Waals surface area contributed by atoms with Crippen LogP contribution in [-0.4, -0.2) is 7.11 Å². The number of ether oxygens (including phenoxy) is 1. The van der Waals surface area contributed by atoms with Gasteiger partial charge in [-0.05, 0) is 42.8 Å². The zero-order chi connectivity index (χ0) is 15.0. The number of rotatable bonds is 3. The third-order valence-electron chi connectivity index (χ3n) is 3.67. The molecule has 0 fully saturated rings. The number of furan rings is 1. The number of nitrogens with two attached hydrogens (primary N) is 1. The van der Waals surface area contributed by atoms with Crippen LogP contribution >= 0.6 is 0 Å². The Morgan fingerprint density at radius 2 is 2.00 bits per heavy atom. The fourth-order valence-corrected chi connectivity index (χ4v) is 2.50. The van der Waals surface area contributed by atoms with E-state index in [0.29, 0.717) is 11.3 Å². The van der Waals surface area contributed by atoms with Crippen molar-refractivity contribution in [1.29, 1.82) is 0 Å². The highest BCUT2D eigenvalue weighted by atomic mass is 19.1. The van der Waals surface area contributed by atoms with Gasteiger partial charge in [-0.2, -0.15) is 0 Å². The first kappa shape index (κ1) is 13.6. The summed E-state index contributed by atoms with van der Waals surface area (Å²) in [6.07, 6.45) is 0. The fraction of sp³-hybridized carbons (Fsp3) is 0.176. The molecule has 1 heterocycles. The Balaban J connectivity index is 2.08. The predicted molar refractivity (Wildman–Crippen MR) is 79.9 cm³/mol. The first-order valence-corrected chi connectivity index (χ1v) is 6.68. The number of halogens is 1. The van der Waals surface area contributed by atoms with E-state index >= 15 is 0 Å². The molecule has 1 aromatic heterocycles. The molecule has 0 radical (unpaired) electrons. The molecular weight excluding hydrogens is 269 g/mol. The quantitative estimate of drug-likeness (QED) is 0.793. The third-order valence-corrected chi connectivity index (χ3v) is 3.67. The maximum atomic E-state index is 13.4. The Morgan fingerprint density at radius 3 is 2.76 bits per heavy atom. The van der Waals surface area contributed by atoms with E-state index in [1.54, 1.807) is 13.2 Å². The predicted octanol–water partition coefficient (Wildman–Crippen LogP) is 3.94. The summed E-state index contributed by atoms with van der Waals surface area (Å²) in [5.74, 6) is 1.10. The lowest BCUT2D eigenvalue weighted by Crippen LogP contribution is -2.12. The standard InChI is InChI=1S/C17H16FNO2/c1-10-14-9-12(18)6-7-15(14)21-17(10)16(19)11-4-3-5-13(8-11)20-2/h3-9,16H,19H2,1-2H3. The van der Waals surface area contributed by atoms with Gasteiger partial charge in [0.25, 0.3) is 0 Å². The number of fused-ring (bicyclic) bond motifs is 1. The van der Waals surface area contributed by atoms with Crippen LogP contribution in [0.4, 0.5) is 4.39 Å². The van der Waals surface area contributed by atoms with Crippen molar-refractivity contribution in [2.75, 3.05) is 7.11 Å². The van der Waals surface area contributed by atoms with Crippen molar-refractivity contribution in [2.45, 2.75) is 13.0 Å². The van der Waals surface area contributed by atoms with Crippen molar-refractivity contribution in [2.24, 2.45) is 5.73 Å². The number of hydrogen-bond donors (Lipinski definition) is 1. The lowest BCUT2D eigenvalue weighted by Gasteiger charge is -2.11. The molecule has 3 nitrogen and oxygen atoms in total. The Morgan fingerprint density at radius 1 is 1.19 bits per heavy atom.